The lowest BCUT2D eigenvalue weighted by Crippen LogP contribution is -2.00. The van der Waals surface area contributed by atoms with Gasteiger partial charge in [0.15, 0.2) is 0 Å². The number of rotatable bonds is 6. The van der Waals surface area contributed by atoms with Gasteiger partial charge in [0.05, 0.1) is 17.3 Å². The van der Waals surface area contributed by atoms with Gasteiger partial charge < -0.3 is 9.84 Å². The molecule has 0 spiro atoms. The average Bonchev–Trinajstić information content (AvgIpc) is 2.80. The third-order valence-electron chi connectivity index (χ3n) is 3.17. The first kappa shape index (κ1) is 15.5. The molecular formula is C16H19NO3S. The van der Waals surface area contributed by atoms with Crippen LogP contribution in [0.1, 0.15) is 37.9 Å². The second-order valence-electron chi connectivity index (χ2n) is 5.05. The number of ether oxygens (including phenoxy) is 1. The molecule has 21 heavy (non-hydrogen) atoms. The van der Waals surface area contributed by atoms with Crippen LogP contribution in [0.2, 0.25) is 0 Å². The molecule has 0 saturated carbocycles. The van der Waals surface area contributed by atoms with Crippen molar-refractivity contribution in [2.75, 3.05) is 6.61 Å². The Morgan fingerprint density at radius 2 is 2.10 bits per heavy atom. The van der Waals surface area contributed by atoms with E-state index in [0.29, 0.717) is 17.2 Å². The zero-order valence-corrected chi connectivity index (χ0v) is 13.3. The summed E-state index contributed by atoms with van der Waals surface area (Å²) < 4.78 is 5.78. The third-order valence-corrected chi connectivity index (χ3v) is 4.38. The van der Waals surface area contributed by atoms with Crippen LogP contribution in [0.3, 0.4) is 0 Å². The molecule has 2 rings (SSSR count). The number of aromatic nitrogens is 1. The molecule has 0 aliphatic rings. The minimum Gasteiger partial charge on any atom is -0.493 e. The number of aromatic carboxylic acids is 1. The number of carboxylic acids is 1. The molecule has 0 saturated heterocycles. The van der Waals surface area contributed by atoms with Gasteiger partial charge in [0, 0.05) is 6.42 Å². The van der Waals surface area contributed by atoms with E-state index in [2.05, 4.69) is 11.1 Å². The zero-order chi connectivity index (χ0) is 15.4. The van der Waals surface area contributed by atoms with Crippen LogP contribution in [-0.4, -0.2) is 22.7 Å². The Balaban J connectivity index is 1.86. The highest BCUT2D eigenvalue weighted by molar-refractivity contribution is 7.13. The summed E-state index contributed by atoms with van der Waals surface area (Å²) in [5.74, 6) is 0.0134. The number of hydrogen-bond donors (Lipinski definition) is 1. The standard InChI is InChI=1S/C16H19NO3S/c1-10-6-7-11(2)13(9-10)20-8-4-5-14-17-12(3)15(21-14)16(18)19/h6-7,9H,4-5,8H2,1-3H3,(H,18,19). The van der Waals surface area contributed by atoms with Crippen molar-refractivity contribution in [2.45, 2.75) is 33.6 Å². The molecule has 5 heteroatoms. The predicted molar refractivity (Wildman–Crippen MR) is 83.5 cm³/mol. The first-order valence-corrected chi connectivity index (χ1v) is 7.68. The predicted octanol–water partition coefficient (Wildman–Crippen LogP) is 3.78. The maximum atomic E-state index is 11.0. The minimum atomic E-state index is -0.900. The van der Waals surface area contributed by atoms with Gasteiger partial charge in [-0.3, -0.25) is 0 Å². The van der Waals surface area contributed by atoms with Crippen molar-refractivity contribution in [3.05, 3.63) is 44.9 Å². The maximum Gasteiger partial charge on any atom is 0.347 e. The number of carboxylic acid groups (broad SMARTS) is 1. The van der Waals surface area contributed by atoms with Crippen LogP contribution in [0.25, 0.3) is 0 Å². The molecule has 0 atom stereocenters. The summed E-state index contributed by atoms with van der Waals surface area (Å²) in [4.78, 5) is 15.6. The number of aryl methyl sites for hydroxylation is 4. The lowest BCUT2D eigenvalue weighted by molar-refractivity contribution is 0.0701. The first-order chi connectivity index (χ1) is 9.97. The van der Waals surface area contributed by atoms with E-state index >= 15 is 0 Å². The van der Waals surface area contributed by atoms with Crippen LogP contribution >= 0.6 is 11.3 Å². The van der Waals surface area contributed by atoms with Crippen LogP contribution in [-0.2, 0) is 6.42 Å². The van der Waals surface area contributed by atoms with Crippen molar-refractivity contribution in [3.8, 4) is 5.75 Å². The largest absolute Gasteiger partial charge is 0.493 e. The lowest BCUT2D eigenvalue weighted by atomic mass is 10.1. The summed E-state index contributed by atoms with van der Waals surface area (Å²) in [7, 11) is 0. The monoisotopic (exact) mass is 305 g/mol. The summed E-state index contributed by atoms with van der Waals surface area (Å²) in [6, 6.07) is 6.15. The highest BCUT2D eigenvalue weighted by Gasteiger charge is 2.13. The molecule has 0 aliphatic heterocycles. The van der Waals surface area contributed by atoms with E-state index in [1.807, 2.05) is 26.0 Å². The molecule has 0 radical (unpaired) electrons. The van der Waals surface area contributed by atoms with Gasteiger partial charge in [-0.1, -0.05) is 12.1 Å². The van der Waals surface area contributed by atoms with Crippen LogP contribution in [0.5, 0.6) is 5.75 Å². The maximum absolute atomic E-state index is 11.0. The van der Waals surface area contributed by atoms with Crippen LogP contribution in [0.4, 0.5) is 0 Å². The molecule has 0 bridgehead atoms. The van der Waals surface area contributed by atoms with Gasteiger partial charge >= 0.3 is 5.97 Å². The summed E-state index contributed by atoms with van der Waals surface area (Å²) in [6.45, 7) is 6.40. The second-order valence-corrected chi connectivity index (χ2v) is 6.13. The molecule has 0 unspecified atom stereocenters. The topological polar surface area (TPSA) is 59.4 Å². The van der Waals surface area contributed by atoms with Crippen LogP contribution < -0.4 is 4.74 Å². The quantitative estimate of drug-likeness (QED) is 0.825. The molecule has 2 aromatic rings. The van der Waals surface area contributed by atoms with Gasteiger partial charge in [0.25, 0.3) is 0 Å². The van der Waals surface area contributed by atoms with Gasteiger partial charge in [0.2, 0.25) is 0 Å². The first-order valence-electron chi connectivity index (χ1n) is 6.87. The van der Waals surface area contributed by atoms with Crippen molar-refractivity contribution in [1.82, 2.24) is 4.98 Å². The van der Waals surface area contributed by atoms with Crippen molar-refractivity contribution in [2.24, 2.45) is 0 Å². The summed E-state index contributed by atoms with van der Waals surface area (Å²) in [5, 5.41) is 9.86. The molecule has 1 N–H and O–H groups in total. The summed E-state index contributed by atoms with van der Waals surface area (Å²) in [6.07, 6.45) is 1.56. The molecule has 4 nitrogen and oxygen atoms in total. The van der Waals surface area contributed by atoms with Crippen LogP contribution in [0.15, 0.2) is 18.2 Å². The highest BCUT2D eigenvalue weighted by Crippen LogP contribution is 2.21. The normalized spacial score (nSPS) is 10.6. The van der Waals surface area contributed by atoms with Gasteiger partial charge in [-0.05, 0) is 44.4 Å². The van der Waals surface area contributed by atoms with E-state index in [0.717, 1.165) is 29.2 Å². The number of benzene rings is 1. The van der Waals surface area contributed by atoms with Gasteiger partial charge in [-0.15, -0.1) is 11.3 Å². The highest BCUT2D eigenvalue weighted by atomic mass is 32.1. The number of hydrogen-bond acceptors (Lipinski definition) is 4. The summed E-state index contributed by atoms with van der Waals surface area (Å²) in [5.41, 5.74) is 2.90. The molecule has 0 amide bonds. The Hall–Kier alpha value is -1.88. The third kappa shape index (κ3) is 4.04. The SMILES string of the molecule is Cc1ccc(C)c(OCCCc2nc(C)c(C(=O)O)s2)c1. The molecule has 1 heterocycles. The van der Waals surface area contributed by atoms with E-state index in [1.165, 1.54) is 16.9 Å². The fraction of sp³-hybridized carbons (Fsp3) is 0.375. The Morgan fingerprint density at radius 3 is 2.76 bits per heavy atom. The number of carbonyl (C=O) groups is 1. The minimum absolute atomic E-state index is 0.334. The van der Waals surface area contributed by atoms with E-state index in [4.69, 9.17) is 9.84 Å². The summed E-state index contributed by atoms with van der Waals surface area (Å²) >= 11 is 1.25. The smallest absolute Gasteiger partial charge is 0.347 e. The van der Waals surface area contributed by atoms with E-state index in [9.17, 15) is 4.79 Å². The fourth-order valence-electron chi connectivity index (χ4n) is 2.03. The lowest BCUT2D eigenvalue weighted by Gasteiger charge is -2.09. The Kier molecular flexibility index (Phi) is 4.96. The van der Waals surface area contributed by atoms with Crippen molar-refractivity contribution < 1.29 is 14.6 Å². The Morgan fingerprint density at radius 1 is 1.33 bits per heavy atom. The van der Waals surface area contributed by atoms with Crippen molar-refractivity contribution in [1.29, 1.82) is 0 Å². The molecule has 1 aromatic heterocycles. The molecule has 1 aromatic carbocycles. The number of nitrogens with zero attached hydrogens (tertiary/aromatic N) is 1. The van der Waals surface area contributed by atoms with Crippen molar-refractivity contribution >= 4 is 17.3 Å². The Labute approximate surface area is 128 Å². The van der Waals surface area contributed by atoms with Gasteiger partial charge in [-0.25, -0.2) is 9.78 Å². The molecule has 0 aliphatic carbocycles. The van der Waals surface area contributed by atoms with Gasteiger partial charge in [-0.2, -0.15) is 0 Å². The molecule has 0 fully saturated rings. The van der Waals surface area contributed by atoms with Crippen LogP contribution in [0, 0.1) is 20.8 Å². The Bertz CT molecular complexity index is 649. The van der Waals surface area contributed by atoms with E-state index < -0.39 is 5.97 Å². The average molecular weight is 305 g/mol. The van der Waals surface area contributed by atoms with E-state index in [1.54, 1.807) is 6.92 Å². The van der Waals surface area contributed by atoms with Crippen molar-refractivity contribution in [3.63, 3.8) is 0 Å². The second kappa shape index (κ2) is 6.72. The van der Waals surface area contributed by atoms with E-state index in [-0.39, 0.29) is 0 Å². The fourth-order valence-corrected chi connectivity index (χ4v) is 2.97. The molecular weight excluding hydrogens is 286 g/mol. The molecule has 112 valence electrons. The van der Waals surface area contributed by atoms with Gasteiger partial charge in [0.1, 0.15) is 10.6 Å². The zero-order valence-electron chi connectivity index (χ0n) is 12.5. The number of thiazole rings is 1.